The highest BCUT2D eigenvalue weighted by Crippen LogP contribution is 2.46. The molecule has 224 valence electrons. The largest absolute Gasteiger partial charge is 0.256 e. The van der Waals surface area contributed by atoms with E-state index in [4.69, 9.17) is 4.98 Å². The van der Waals surface area contributed by atoms with E-state index in [0.717, 1.165) is 22.4 Å². The van der Waals surface area contributed by atoms with Gasteiger partial charge < -0.3 is 0 Å². The molecule has 0 spiro atoms. The molecule has 1 heteroatoms. The van der Waals surface area contributed by atoms with Crippen LogP contribution in [0.4, 0.5) is 0 Å². The van der Waals surface area contributed by atoms with Crippen molar-refractivity contribution in [3.05, 3.63) is 188 Å². The Kier molecular flexibility index (Phi) is 6.87. The van der Waals surface area contributed by atoms with Crippen LogP contribution in [0.5, 0.6) is 0 Å². The summed E-state index contributed by atoms with van der Waals surface area (Å²) < 4.78 is 0. The van der Waals surface area contributed by atoms with Crippen LogP contribution in [0.15, 0.2) is 188 Å². The fraction of sp³-hybridized carbons (Fsp3) is 0. The number of rotatable bonds is 5. The fourth-order valence-corrected chi connectivity index (χ4v) is 7.30. The molecule has 0 amide bonds. The summed E-state index contributed by atoms with van der Waals surface area (Å²) in [5.74, 6) is 0. The van der Waals surface area contributed by atoms with Crippen molar-refractivity contribution in [1.82, 2.24) is 4.98 Å². The second-order valence-corrected chi connectivity index (χ2v) is 12.3. The molecule has 9 aromatic rings. The Morgan fingerprint density at radius 2 is 0.708 bits per heavy atom. The van der Waals surface area contributed by atoms with Crippen molar-refractivity contribution in [1.29, 1.82) is 0 Å². The van der Waals surface area contributed by atoms with Gasteiger partial charge in [-0.2, -0.15) is 0 Å². The van der Waals surface area contributed by atoms with Gasteiger partial charge in [-0.15, -0.1) is 0 Å². The predicted molar refractivity (Wildman–Crippen MR) is 204 cm³/mol. The van der Waals surface area contributed by atoms with Gasteiger partial charge in [0.15, 0.2) is 0 Å². The van der Waals surface area contributed by atoms with Gasteiger partial charge in [-0.1, -0.05) is 176 Å². The molecule has 0 fully saturated rings. The molecule has 0 aliphatic carbocycles. The maximum Gasteiger partial charge on any atom is 0.0702 e. The number of hydrogen-bond acceptors (Lipinski definition) is 1. The highest BCUT2D eigenvalue weighted by atomic mass is 14.7. The first-order chi connectivity index (χ1) is 23.8. The first-order valence-electron chi connectivity index (χ1n) is 16.5. The van der Waals surface area contributed by atoms with Crippen molar-refractivity contribution in [3.8, 4) is 55.8 Å². The van der Waals surface area contributed by atoms with Gasteiger partial charge in [-0.05, 0) is 77.3 Å². The van der Waals surface area contributed by atoms with E-state index in [1.165, 1.54) is 65.7 Å². The van der Waals surface area contributed by atoms with E-state index in [2.05, 4.69) is 164 Å². The van der Waals surface area contributed by atoms with Crippen molar-refractivity contribution in [3.63, 3.8) is 0 Å². The summed E-state index contributed by atoms with van der Waals surface area (Å²) in [6.45, 7) is 0. The van der Waals surface area contributed by atoms with Crippen molar-refractivity contribution in [2.24, 2.45) is 0 Å². The molecule has 8 aromatic carbocycles. The number of fused-ring (bicyclic) bond motifs is 3. The van der Waals surface area contributed by atoms with E-state index in [1.807, 2.05) is 24.4 Å². The van der Waals surface area contributed by atoms with E-state index >= 15 is 0 Å². The van der Waals surface area contributed by atoms with E-state index in [-0.39, 0.29) is 0 Å². The van der Waals surface area contributed by atoms with Gasteiger partial charge >= 0.3 is 0 Å². The summed E-state index contributed by atoms with van der Waals surface area (Å²) in [5, 5.41) is 7.55. The minimum atomic E-state index is 0.983. The monoisotopic (exact) mass is 609 g/mol. The number of hydrogen-bond donors (Lipinski definition) is 0. The number of nitrogens with zero attached hydrogens (tertiary/aromatic N) is 1. The number of benzene rings is 8. The normalized spacial score (nSPS) is 11.3. The zero-order valence-corrected chi connectivity index (χ0v) is 26.3. The lowest BCUT2D eigenvalue weighted by atomic mass is 9.84. The van der Waals surface area contributed by atoms with E-state index in [1.54, 1.807) is 0 Å². The van der Waals surface area contributed by atoms with E-state index in [9.17, 15) is 0 Å². The molecule has 0 aliphatic rings. The Labute approximate surface area is 280 Å². The third-order valence-electron chi connectivity index (χ3n) is 9.55. The topological polar surface area (TPSA) is 12.9 Å². The standard InChI is InChI=1S/C47H31N/c1-3-13-33(14-4-1)37-21-11-23-39-38(37)22-12-24-40(39)47-43-19-9-7-17-41(43)46(42-18-8-10-20-44(42)47)35-27-25-32(26-28-35)36-29-30-45(48-31-36)34-15-5-2-6-16-34/h1-31H. The lowest BCUT2D eigenvalue weighted by Crippen LogP contribution is -1.92. The van der Waals surface area contributed by atoms with E-state index in [0.29, 0.717) is 0 Å². The molecule has 0 saturated carbocycles. The molecule has 0 bridgehead atoms. The van der Waals surface area contributed by atoms with Gasteiger partial charge in [0.25, 0.3) is 0 Å². The Morgan fingerprint density at radius 1 is 0.250 bits per heavy atom. The summed E-state index contributed by atoms with van der Waals surface area (Å²) in [5.41, 5.74) is 11.9. The fourth-order valence-electron chi connectivity index (χ4n) is 7.30. The van der Waals surface area contributed by atoms with Gasteiger partial charge in [-0.25, -0.2) is 0 Å². The van der Waals surface area contributed by atoms with Crippen LogP contribution in [0.1, 0.15) is 0 Å². The summed E-state index contributed by atoms with van der Waals surface area (Å²) in [6, 6.07) is 65.5. The third kappa shape index (κ3) is 4.76. The van der Waals surface area contributed by atoms with E-state index < -0.39 is 0 Å². The quantitative estimate of drug-likeness (QED) is 0.177. The average molecular weight is 610 g/mol. The number of aromatic nitrogens is 1. The lowest BCUT2D eigenvalue weighted by molar-refractivity contribution is 1.32. The minimum absolute atomic E-state index is 0.983. The molecule has 9 rings (SSSR count). The molecule has 48 heavy (non-hydrogen) atoms. The maximum absolute atomic E-state index is 4.77. The molecule has 0 unspecified atom stereocenters. The highest BCUT2D eigenvalue weighted by Gasteiger charge is 2.18. The van der Waals surface area contributed by atoms with Crippen molar-refractivity contribution in [2.75, 3.05) is 0 Å². The highest BCUT2D eigenvalue weighted by molar-refractivity contribution is 6.24. The Morgan fingerprint density at radius 3 is 1.29 bits per heavy atom. The zero-order valence-electron chi connectivity index (χ0n) is 26.3. The molecule has 1 aromatic heterocycles. The first-order valence-corrected chi connectivity index (χ1v) is 16.5. The second kappa shape index (κ2) is 11.8. The van der Waals surface area contributed by atoms with Crippen LogP contribution in [0.2, 0.25) is 0 Å². The van der Waals surface area contributed by atoms with Crippen molar-refractivity contribution < 1.29 is 0 Å². The molecule has 0 radical (unpaired) electrons. The summed E-state index contributed by atoms with van der Waals surface area (Å²) in [7, 11) is 0. The third-order valence-corrected chi connectivity index (χ3v) is 9.55. The van der Waals surface area contributed by atoms with Crippen LogP contribution < -0.4 is 0 Å². The summed E-state index contributed by atoms with van der Waals surface area (Å²) in [6.07, 6.45) is 1.98. The molecule has 0 N–H and O–H groups in total. The van der Waals surface area contributed by atoms with Gasteiger partial charge in [0, 0.05) is 17.3 Å². The Bertz CT molecular complexity index is 2510. The first kappa shape index (κ1) is 28.0. The van der Waals surface area contributed by atoms with Crippen LogP contribution in [0.3, 0.4) is 0 Å². The summed E-state index contributed by atoms with van der Waals surface area (Å²) in [4.78, 5) is 4.77. The molecule has 0 saturated heterocycles. The molecule has 1 nitrogen and oxygen atoms in total. The van der Waals surface area contributed by atoms with Gasteiger partial charge in [0.05, 0.1) is 5.69 Å². The molecule has 1 heterocycles. The van der Waals surface area contributed by atoms with Crippen molar-refractivity contribution >= 4 is 32.3 Å². The average Bonchev–Trinajstić information content (AvgIpc) is 3.17. The number of pyridine rings is 1. The molecular formula is C47H31N. The van der Waals surface area contributed by atoms with Crippen LogP contribution in [0.25, 0.3) is 88.1 Å². The molecule has 0 atom stereocenters. The van der Waals surface area contributed by atoms with Crippen LogP contribution >= 0.6 is 0 Å². The maximum atomic E-state index is 4.77. The van der Waals surface area contributed by atoms with Crippen LogP contribution in [-0.2, 0) is 0 Å². The second-order valence-electron chi connectivity index (χ2n) is 12.3. The van der Waals surface area contributed by atoms with Gasteiger partial charge in [-0.3, -0.25) is 4.98 Å². The summed E-state index contributed by atoms with van der Waals surface area (Å²) >= 11 is 0. The zero-order chi connectivity index (χ0) is 31.9. The Balaban J connectivity index is 1.20. The predicted octanol–water partition coefficient (Wildman–Crippen LogP) is 12.9. The minimum Gasteiger partial charge on any atom is -0.256 e. The van der Waals surface area contributed by atoms with Gasteiger partial charge in [0.2, 0.25) is 0 Å². The SMILES string of the molecule is c1ccc(-c2ccc(-c3ccc(-c4c5ccccc5c(-c5cccc6c(-c7ccccc7)cccc56)c5ccccc45)cc3)cn2)cc1. The molecular weight excluding hydrogens is 579 g/mol. The molecule has 0 aliphatic heterocycles. The smallest absolute Gasteiger partial charge is 0.0702 e. The lowest BCUT2D eigenvalue weighted by Gasteiger charge is -2.19. The Hall–Kier alpha value is -6.31. The van der Waals surface area contributed by atoms with Crippen LogP contribution in [-0.4, -0.2) is 4.98 Å². The van der Waals surface area contributed by atoms with Crippen LogP contribution in [0, 0.1) is 0 Å². The van der Waals surface area contributed by atoms with Gasteiger partial charge in [0.1, 0.15) is 0 Å². The van der Waals surface area contributed by atoms with Crippen molar-refractivity contribution in [2.45, 2.75) is 0 Å².